The first-order valence-corrected chi connectivity index (χ1v) is 11.2. The van der Waals surface area contributed by atoms with Gasteiger partial charge >= 0.3 is 6.18 Å². The Morgan fingerprint density at radius 2 is 1.62 bits per heavy atom. The standard InChI is InChI=1S/C23H17ClF3N3OS/c24-20-10-8-17(9-11-20)16-4-6-18(7-5-16)22(13-30-15-28-14-29-30)32(31)21-3-1-2-19(12-21)23(25,26)27/h1-12,14-15,22H,13H2. The summed E-state index contributed by atoms with van der Waals surface area (Å²) in [7, 11) is -1.76. The van der Waals surface area contributed by atoms with Crippen LogP contribution in [-0.4, -0.2) is 19.0 Å². The smallest absolute Gasteiger partial charge is 0.254 e. The average Bonchev–Trinajstić information content (AvgIpc) is 3.31. The third-order valence-electron chi connectivity index (χ3n) is 4.93. The number of halogens is 4. The second-order valence-electron chi connectivity index (χ2n) is 7.06. The van der Waals surface area contributed by atoms with Crippen molar-refractivity contribution in [2.75, 3.05) is 0 Å². The fraction of sp³-hybridized carbons (Fsp3) is 0.130. The first-order valence-electron chi connectivity index (χ1n) is 9.57. The molecule has 0 aliphatic rings. The van der Waals surface area contributed by atoms with Gasteiger partial charge in [-0.1, -0.05) is 54.1 Å². The van der Waals surface area contributed by atoms with Gasteiger partial charge in [-0.25, -0.2) is 4.98 Å². The van der Waals surface area contributed by atoms with Gasteiger partial charge in [-0.3, -0.25) is 8.89 Å². The second kappa shape index (κ2) is 9.26. The Hall–Kier alpha value is -2.97. The number of alkyl halides is 3. The maximum Gasteiger partial charge on any atom is 0.416 e. The molecule has 2 atom stereocenters. The Kier molecular flexibility index (Phi) is 6.43. The lowest BCUT2D eigenvalue weighted by atomic mass is 10.0. The average molecular weight is 476 g/mol. The van der Waals surface area contributed by atoms with Gasteiger partial charge < -0.3 is 0 Å². The topological polar surface area (TPSA) is 47.8 Å². The summed E-state index contributed by atoms with van der Waals surface area (Å²) in [6.07, 6.45) is -1.67. The third-order valence-corrected chi connectivity index (χ3v) is 6.84. The van der Waals surface area contributed by atoms with Gasteiger partial charge in [0.05, 0.1) is 28.2 Å². The molecule has 3 aromatic carbocycles. The molecule has 4 aromatic rings. The Balaban J connectivity index is 1.68. The third kappa shape index (κ3) is 5.08. The van der Waals surface area contributed by atoms with Crippen molar-refractivity contribution < 1.29 is 17.4 Å². The van der Waals surface area contributed by atoms with Crippen LogP contribution in [0.1, 0.15) is 16.4 Å². The van der Waals surface area contributed by atoms with Crippen molar-refractivity contribution in [1.29, 1.82) is 0 Å². The fourth-order valence-electron chi connectivity index (χ4n) is 3.29. The van der Waals surface area contributed by atoms with Gasteiger partial charge in [0.25, 0.3) is 0 Å². The number of aromatic nitrogens is 3. The number of nitrogens with zero attached hydrogens (tertiary/aromatic N) is 3. The Morgan fingerprint density at radius 1 is 0.969 bits per heavy atom. The van der Waals surface area contributed by atoms with E-state index in [9.17, 15) is 17.4 Å². The van der Waals surface area contributed by atoms with E-state index in [2.05, 4.69) is 10.1 Å². The van der Waals surface area contributed by atoms with E-state index < -0.39 is 27.8 Å². The van der Waals surface area contributed by atoms with Crippen molar-refractivity contribution in [3.8, 4) is 11.1 Å². The maximum absolute atomic E-state index is 13.4. The van der Waals surface area contributed by atoms with E-state index in [1.54, 1.807) is 12.1 Å². The van der Waals surface area contributed by atoms with Crippen LogP contribution in [0, 0.1) is 0 Å². The van der Waals surface area contributed by atoms with E-state index in [1.165, 1.54) is 29.5 Å². The number of rotatable bonds is 6. The van der Waals surface area contributed by atoms with Gasteiger partial charge in [0.1, 0.15) is 12.7 Å². The molecule has 32 heavy (non-hydrogen) atoms. The van der Waals surface area contributed by atoms with Crippen LogP contribution in [-0.2, 0) is 23.5 Å². The molecule has 0 N–H and O–H groups in total. The monoisotopic (exact) mass is 475 g/mol. The molecule has 2 unspecified atom stereocenters. The van der Waals surface area contributed by atoms with E-state index in [0.29, 0.717) is 10.6 Å². The van der Waals surface area contributed by atoms with E-state index in [4.69, 9.17) is 11.6 Å². The highest BCUT2D eigenvalue weighted by Gasteiger charge is 2.31. The summed E-state index contributed by atoms with van der Waals surface area (Å²) in [6, 6.07) is 19.4. The van der Waals surface area contributed by atoms with Crippen LogP contribution in [0.15, 0.2) is 90.3 Å². The summed E-state index contributed by atoms with van der Waals surface area (Å²) in [4.78, 5) is 4.01. The number of benzene rings is 3. The lowest BCUT2D eigenvalue weighted by Gasteiger charge is -2.18. The van der Waals surface area contributed by atoms with Crippen molar-refractivity contribution in [2.45, 2.75) is 22.9 Å². The quantitative estimate of drug-likeness (QED) is 0.335. The molecule has 4 nitrogen and oxygen atoms in total. The van der Waals surface area contributed by atoms with Gasteiger partial charge in [0.2, 0.25) is 0 Å². The van der Waals surface area contributed by atoms with E-state index in [0.717, 1.165) is 23.3 Å². The van der Waals surface area contributed by atoms with Gasteiger partial charge in [0.15, 0.2) is 0 Å². The molecule has 0 saturated heterocycles. The zero-order valence-corrected chi connectivity index (χ0v) is 18.1. The zero-order valence-electron chi connectivity index (χ0n) is 16.5. The van der Waals surface area contributed by atoms with Crippen LogP contribution in [0.5, 0.6) is 0 Å². The Morgan fingerprint density at radius 3 is 2.22 bits per heavy atom. The summed E-state index contributed by atoms with van der Waals surface area (Å²) in [6.45, 7) is 0.198. The zero-order chi connectivity index (χ0) is 22.7. The molecule has 9 heteroatoms. The van der Waals surface area contributed by atoms with Crippen molar-refractivity contribution in [1.82, 2.24) is 14.8 Å². The molecule has 0 fully saturated rings. The highest BCUT2D eigenvalue weighted by atomic mass is 35.5. The normalized spacial score (nSPS) is 13.6. The largest absolute Gasteiger partial charge is 0.416 e. The molecule has 164 valence electrons. The molecular formula is C23H17ClF3N3OS. The Labute approximate surface area is 190 Å². The molecule has 0 amide bonds. The van der Waals surface area contributed by atoms with Crippen LogP contribution in [0.4, 0.5) is 13.2 Å². The molecule has 0 saturated carbocycles. The molecular weight excluding hydrogens is 459 g/mol. The van der Waals surface area contributed by atoms with Gasteiger partial charge in [-0.05, 0) is 47.0 Å². The molecule has 4 rings (SSSR count). The summed E-state index contributed by atoms with van der Waals surface area (Å²) >= 11 is 5.95. The van der Waals surface area contributed by atoms with Gasteiger partial charge in [0, 0.05) is 9.92 Å². The summed E-state index contributed by atoms with van der Waals surface area (Å²) in [5, 5.41) is 4.07. The molecule has 0 spiro atoms. The summed E-state index contributed by atoms with van der Waals surface area (Å²) in [5.74, 6) is 0. The Bertz CT molecular complexity index is 1210. The lowest BCUT2D eigenvalue weighted by Crippen LogP contribution is -2.16. The first kappa shape index (κ1) is 22.2. The molecule has 0 aliphatic carbocycles. The molecule has 0 bridgehead atoms. The molecule has 1 aromatic heterocycles. The van der Waals surface area contributed by atoms with Crippen molar-refractivity contribution in [3.63, 3.8) is 0 Å². The second-order valence-corrected chi connectivity index (χ2v) is 9.13. The van der Waals surface area contributed by atoms with Crippen molar-refractivity contribution >= 4 is 22.4 Å². The summed E-state index contributed by atoms with van der Waals surface area (Å²) < 4.78 is 54.4. The fourth-order valence-corrected chi connectivity index (χ4v) is 4.89. The van der Waals surface area contributed by atoms with Gasteiger partial charge in [-0.15, -0.1) is 0 Å². The lowest BCUT2D eigenvalue weighted by molar-refractivity contribution is -0.137. The van der Waals surface area contributed by atoms with Crippen LogP contribution >= 0.6 is 11.6 Å². The minimum Gasteiger partial charge on any atom is -0.254 e. The highest BCUT2D eigenvalue weighted by Crippen LogP contribution is 2.33. The van der Waals surface area contributed by atoms with Gasteiger partial charge in [-0.2, -0.15) is 18.3 Å². The molecule has 1 heterocycles. The summed E-state index contributed by atoms with van der Waals surface area (Å²) in [5.41, 5.74) is 1.79. The van der Waals surface area contributed by atoms with E-state index in [-0.39, 0.29) is 11.4 Å². The molecule has 0 radical (unpaired) electrons. The van der Waals surface area contributed by atoms with Crippen molar-refractivity contribution in [2.24, 2.45) is 0 Å². The van der Waals surface area contributed by atoms with Crippen LogP contribution in [0.3, 0.4) is 0 Å². The SMILES string of the molecule is O=S(c1cccc(C(F)(F)F)c1)C(Cn1cncn1)c1ccc(-c2ccc(Cl)cc2)cc1. The highest BCUT2D eigenvalue weighted by molar-refractivity contribution is 7.85. The van der Waals surface area contributed by atoms with Crippen LogP contribution in [0.2, 0.25) is 5.02 Å². The maximum atomic E-state index is 13.4. The predicted molar refractivity (Wildman–Crippen MR) is 118 cm³/mol. The van der Waals surface area contributed by atoms with Crippen LogP contribution in [0.25, 0.3) is 11.1 Å². The van der Waals surface area contributed by atoms with E-state index >= 15 is 0 Å². The molecule has 0 aliphatic heterocycles. The number of hydrogen-bond acceptors (Lipinski definition) is 3. The van der Waals surface area contributed by atoms with Crippen molar-refractivity contribution in [3.05, 3.63) is 102 Å². The number of hydrogen-bond donors (Lipinski definition) is 0. The predicted octanol–water partition coefficient (Wildman–Crippen LogP) is 6.17. The van der Waals surface area contributed by atoms with Crippen LogP contribution < -0.4 is 0 Å². The minimum absolute atomic E-state index is 0.103. The van der Waals surface area contributed by atoms with E-state index in [1.807, 2.05) is 36.4 Å². The first-order chi connectivity index (χ1) is 15.3. The minimum atomic E-state index is -4.51.